The second kappa shape index (κ2) is 3.80. The van der Waals surface area contributed by atoms with Gasteiger partial charge in [-0.2, -0.15) is 0 Å². The maximum Gasteiger partial charge on any atom is 0.405 e. The summed E-state index contributed by atoms with van der Waals surface area (Å²) in [5, 5.41) is 10.3. The first-order chi connectivity index (χ1) is 4.95. The predicted octanol–water partition coefficient (Wildman–Crippen LogP) is -0.269. The Hall–Kier alpha value is -1.26. The van der Waals surface area contributed by atoms with Crippen LogP contribution in [0.5, 0.6) is 0 Å². The van der Waals surface area contributed by atoms with Crippen LogP contribution < -0.4 is 5.32 Å². The Labute approximate surface area is 65.0 Å². The van der Waals surface area contributed by atoms with E-state index in [2.05, 4.69) is 0 Å². The number of likely N-dealkylation sites (N-methyl/N-ethyl adjacent to an activating group) is 1. The highest BCUT2D eigenvalue weighted by Crippen LogP contribution is 1.87. The van der Waals surface area contributed by atoms with Crippen molar-refractivity contribution in [3.63, 3.8) is 0 Å². The number of rotatable bonds is 2. The Bertz CT molecular complexity index is 167. The van der Waals surface area contributed by atoms with Gasteiger partial charge in [-0.3, -0.25) is 4.79 Å². The zero-order valence-electron chi connectivity index (χ0n) is 6.79. The lowest BCUT2D eigenvalue weighted by Crippen LogP contribution is -2.43. The number of nitrogens with one attached hydrogen (secondary N) is 1. The van der Waals surface area contributed by atoms with Gasteiger partial charge in [0.2, 0.25) is 5.91 Å². The Kier molecular flexibility index (Phi) is 3.36. The predicted molar refractivity (Wildman–Crippen MR) is 39.3 cm³/mol. The highest BCUT2D eigenvalue weighted by Gasteiger charge is 2.15. The van der Waals surface area contributed by atoms with E-state index in [1.165, 1.54) is 11.8 Å². The molecule has 0 saturated carbocycles. The number of carbonyl (C=O) groups excluding carboxylic acids is 1. The third kappa shape index (κ3) is 3.44. The van der Waals surface area contributed by atoms with E-state index >= 15 is 0 Å². The average Bonchev–Trinajstić information content (AvgIpc) is 1.84. The number of carbonyl (C=O) groups is 2. The molecule has 1 atom stereocenters. The van der Waals surface area contributed by atoms with E-state index in [1.54, 1.807) is 14.1 Å². The molecule has 2 amide bonds. The number of nitrogens with zero attached hydrogens (tertiary/aromatic N) is 1. The van der Waals surface area contributed by atoms with Gasteiger partial charge in [0, 0.05) is 14.1 Å². The molecule has 0 radical (unpaired) electrons. The molecule has 0 fully saturated rings. The van der Waals surface area contributed by atoms with Crippen molar-refractivity contribution in [1.82, 2.24) is 10.2 Å². The van der Waals surface area contributed by atoms with Crippen LogP contribution >= 0.6 is 0 Å². The summed E-state index contributed by atoms with van der Waals surface area (Å²) in [4.78, 5) is 22.4. The summed E-state index contributed by atoms with van der Waals surface area (Å²) in [6.45, 7) is 1.50. The highest BCUT2D eigenvalue weighted by atomic mass is 16.4. The molecule has 11 heavy (non-hydrogen) atoms. The van der Waals surface area contributed by atoms with Gasteiger partial charge in [0.1, 0.15) is 6.04 Å². The van der Waals surface area contributed by atoms with Crippen LogP contribution in [0.15, 0.2) is 0 Å². The van der Waals surface area contributed by atoms with E-state index in [4.69, 9.17) is 5.11 Å². The van der Waals surface area contributed by atoms with Crippen molar-refractivity contribution in [1.29, 1.82) is 0 Å². The summed E-state index contributed by atoms with van der Waals surface area (Å²) in [5.74, 6) is -0.257. The molecule has 5 heteroatoms. The van der Waals surface area contributed by atoms with Gasteiger partial charge in [-0.25, -0.2) is 4.79 Å². The molecule has 0 aliphatic carbocycles. The molecule has 0 heterocycles. The van der Waals surface area contributed by atoms with Gasteiger partial charge in [-0.05, 0) is 6.92 Å². The molecule has 5 nitrogen and oxygen atoms in total. The molecule has 0 unspecified atom stereocenters. The summed E-state index contributed by atoms with van der Waals surface area (Å²) in [6.07, 6.45) is -1.19. The smallest absolute Gasteiger partial charge is 0.405 e. The lowest BCUT2D eigenvalue weighted by atomic mass is 10.3. The van der Waals surface area contributed by atoms with Gasteiger partial charge < -0.3 is 15.3 Å². The number of amides is 2. The molecule has 0 aromatic rings. The fourth-order valence-electron chi connectivity index (χ4n) is 0.634. The van der Waals surface area contributed by atoms with E-state index in [9.17, 15) is 9.59 Å². The van der Waals surface area contributed by atoms with Gasteiger partial charge in [0.05, 0.1) is 0 Å². The fourth-order valence-corrected chi connectivity index (χ4v) is 0.634. The summed E-state index contributed by atoms with van der Waals surface area (Å²) < 4.78 is 0. The maximum atomic E-state index is 11.0. The minimum Gasteiger partial charge on any atom is -0.465 e. The third-order valence-corrected chi connectivity index (χ3v) is 1.15. The van der Waals surface area contributed by atoms with Crippen LogP contribution in [0.25, 0.3) is 0 Å². The average molecular weight is 160 g/mol. The van der Waals surface area contributed by atoms with Crippen molar-refractivity contribution in [2.45, 2.75) is 13.0 Å². The van der Waals surface area contributed by atoms with Gasteiger partial charge in [-0.15, -0.1) is 0 Å². The van der Waals surface area contributed by atoms with Gasteiger partial charge in [-0.1, -0.05) is 0 Å². The first-order valence-electron chi connectivity index (χ1n) is 3.15. The molecule has 2 N–H and O–H groups in total. The molecule has 0 aromatic heterocycles. The lowest BCUT2D eigenvalue weighted by Gasteiger charge is -2.15. The SMILES string of the molecule is C[C@H](NC(=O)O)C(=O)N(C)C. The van der Waals surface area contributed by atoms with E-state index < -0.39 is 12.1 Å². The van der Waals surface area contributed by atoms with Crippen molar-refractivity contribution in [3.05, 3.63) is 0 Å². The lowest BCUT2D eigenvalue weighted by molar-refractivity contribution is -0.130. The Morgan fingerprint density at radius 1 is 1.45 bits per heavy atom. The van der Waals surface area contributed by atoms with Crippen LogP contribution in [-0.4, -0.2) is 42.1 Å². The molecule has 0 saturated heterocycles. The first-order valence-corrected chi connectivity index (χ1v) is 3.15. The van der Waals surface area contributed by atoms with Crippen LogP contribution in [0, 0.1) is 0 Å². The summed E-state index contributed by atoms with van der Waals surface area (Å²) in [5.41, 5.74) is 0. The van der Waals surface area contributed by atoms with E-state index in [-0.39, 0.29) is 5.91 Å². The normalized spacial score (nSPS) is 11.9. The number of carboxylic acid groups (broad SMARTS) is 1. The van der Waals surface area contributed by atoms with E-state index in [0.717, 1.165) is 0 Å². The molecule has 0 bridgehead atoms. The summed E-state index contributed by atoms with van der Waals surface area (Å²) >= 11 is 0. The Morgan fingerprint density at radius 2 is 1.91 bits per heavy atom. The van der Waals surface area contributed by atoms with E-state index in [1.807, 2.05) is 5.32 Å². The molecule has 64 valence electrons. The quantitative estimate of drug-likeness (QED) is 0.584. The van der Waals surface area contributed by atoms with Gasteiger partial charge in [0.25, 0.3) is 0 Å². The maximum absolute atomic E-state index is 11.0. The third-order valence-electron chi connectivity index (χ3n) is 1.15. The standard InChI is InChI=1S/C6H12N2O3/c1-4(7-6(10)11)5(9)8(2)3/h4,7H,1-3H3,(H,10,11)/t4-/m0/s1. The Balaban J connectivity index is 3.93. The van der Waals surface area contributed by atoms with Crippen molar-refractivity contribution >= 4 is 12.0 Å². The zero-order valence-corrected chi connectivity index (χ0v) is 6.79. The molecule has 0 aromatic carbocycles. The first kappa shape index (κ1) is 9.74. The summed E-state index contributed by atoms with van der Waals surface area (Å²) in [7, 11) is 3.14. The van der Waals surface area contributed by atoms with Gasteiger partial charge >= 0.3 is 6.09 Å². The van der Waals surface area contributed by atoms with Crippen molar-refractivity contribution in [2.24, 2.45) is 0 Å². The van der Waals surface area contributed by atoms with Crippen molar-refractivity contribution in [3.8, 4) is 0 Å². The van der Waals surface area contributed by atoms with Gasteiger partial charge in [0.15, 0.2) is 0 Å². The number of hydrogen-bond donors (Lipinski definition) is 2. The van der Waals surface area contributed by atoms with Crippen LogP contribution in [-0.2, 0) is 4.79 Å². The molecular weight excluding hydrogens is 148 g/mol. The largest absolute Gasteiger partial charge is 0.465 e. The molecule has 0 rings (SSSR count). The second-order valence-corrected chi connectivity index (χ2v) is 2.40. The topological polar surface area (TPSA) is 69.6 Å². The fraction of sp³-hybridized carbons (Fsp3) is 0.667. The Morgan fingerprint density at radius 3 is 2.18 bits per heavy atom. The van der Waals surface area contributed by atoms with Crippen molar-refractivity contribution in [2.75, 3.05) is 14.1 Å². The van der Waals surface area contributed by atoms with E-state index in [0.29, 0.717) is 0 Å². The van der Waals surface area contributed by atoms with Crippen LogP contribution in [0.2, 0.25) is 0 Å². The molecular formula is C6H12N2O3. The molecule has 0 aliphatic rings. The minimum absolute atomic E-state index is 0.257. The van der Waals surface area contributed by atoms with Crippen LogP contribution in [0.3, 0.4) is 0 Å². The molecule has 0 aliphatic heterocycles. The molecule has 0 spiro atoms. The van der Waals surface area contributed by atoms with Crippen molar-refractivity contribution < 1.29 is 14.7 Å². The summed E-state index contributed by atoms with van der Waals surface area (Å²) in [6, 6.07) is -0.678. The monoisotopic (exact) mass is 160 g/mol. The van der Waals surface area contributed by atoms with Crippen LogP contribution in [0.1, 0.15) is 6.92 Å². The highest BCUT2D eigenvalue weighted by molar-refractivity contribution is 5.84. The second-order valence-electron chi connectivity index (χ2n) is 2.40. The zero-order chi connectivity index (χ0) is 9.02. The van der Waals surface area contributed by atoms with Crippen LogP contribution in [0.4, 0.5) is 4.79 Å². The number of hydrogen-bond acceptors (Lipinski definition) is 2. The minimum atomic E-state index is -1.19.